The predicted molar refractivity (Wildman–Crippen MR) is 112 cm³/mol. The highest BCUT2D eigenvalue weighted by atomic mass is 16.5. The maximum absolute atomic E-state index is 10.4. The number of aromatic nitrogens is 2. The number of ether oxygens (including phenoxy) is 1. The number of hydrogen-bond acceptors (Lipinski definition) is 7. The van der Waals surface area contributed by atoms with Crippen LogP contribution in [0.1, 0.15) is 36.6 Å². The Morgan fingerprint density at radius 1 is 1.17 bits per heavy atom. The third-order valence-electron chi connectivity index (χ3n) is 6.20. The molecule has 2 atom stereocenters. The Bertz CT molecular complexity index is 969. The molecule has 5 rings (SSSR count). The van der Waals surface area contributed by atoms with E-state index >= 15 is 0 Å². The largest absolute Gasteiger partial charge is 0.488 e. The van der Waals surface area contributed by atoms with Crippen LogP contribution in [0.4, 0.5) is 5.82 Å². The van der Waals surface area contributed by atoms with Gasteiger partial charge in [0.2, 0.25) is 0 Å². The molecule has 3 aliphatic rings. The van der Waals surface area contributed by atoms with Crippen molar-refractivity contribution in [2.45, 2.75) is 44.1 Å². The minimum Gasteiger partial charge on any atom is -0.488 e. The molecular formula is C22H27N5O2. The third-order valence-corrected chi connectivity index (χ3v) is 6.20. The molecule has 2 aromatic rings. The van der Waals surface area contributed by atoms with Gasteiger partial charge in [0.15, 0.2) is 0 Å². The summed E-state index contributed by atoms with van der Waals surface area (Å²) in [6.07, 6.45) is 3.41. The molecule has 152 valence electrons. The van der Waals surface area contributed by atoms with E-state index in [2.05, 4.69) is 38.8 Å². The molecule has 0 unspecified atom stereocenters. The number of benzene rings is 1. The Hall–Kier alpha value is -2.51. The Kier molecular flexibility index (Phi) is 4.33. The first-order chi connectivity index (χ1) is 13.9. The van der Waals surface area contributed by atoms with Gasteiger partial charge in [0.25, 0.3) is 0 Å². The van der Waals surface area contributed by atoms with E-state index in [1.165, 1.54) is 5.56 Å². The summed E-state index contributed by atoms with van der Waals surface area (Å²) in [4.78, 5) is 17.9. The summed E-state index contributed by atoms with van der Waals surface area (Å²) in [6.45, 7) is 4.12. The number of nitrogens with zero attached hydrogens (tertiary/aromatic N) is 5. The van der Waals surface area contributed by atoms with Crippen LogP contribution in [0.5, 0.6) is 5.75 Å². The van der Waals surface area contributed by atoms with Gasteiger partial charge in [0.05, 0.1) is 30.1 Å². The average Bonchev–Trinajstić information content (AvgIpc) is 3.11. The quantitative estimate of drug-likeness (QED) is 0.836. The Labute approximate surface area is 171 Å². The fourth-order valence-electron chi connectivity index (χ4n) is 4.12. The molecule has 0 bridgehead atoms. The van der Waals surface area contributed by atoms with Crippen LogP contribution in [-0.2, 0) is 6.54 Å². The van der Waals surface area contributed by atoms with Crippen molar-refractivity contribution >= 4 is 11.5 Å². The van der Waals surface area contributed by atoms with Gasteiger partial charge in [-0.05, 0) is 51.6 Å². The van der Waals surface area contributed by atoms with Crippen molar-refractivity contribution in [1.82, 2.24) is 14.9 Å². The highest BCUT2D eigenvalue weighted by molar-refractivity contribution is 6.14. The maximum atomic E-state index is 10.4. The van der Waals surface area contributed by atoms with Gasteiger partial charge in [0, 0.05) is 24.7 Å². The fourth-order valence-corrected chi connectivity index (χ4v) is 4.12. The van der Waals surface area contributed by atoms with Gasteiger partial charge >= 0.3 is 0 Å². The predicted octanol–water partition coefficient (Wildman–Crippen LogP) is 1.87. The molecule has 1 saturated carbocycles. The number of β-amino-alcohol motifs (C(OH)–C–C–N with tert-alkyl or cyclic N) is 1. The highest BCUT2D eigenvalue weighted by Gasteiger charge is 2.40. The number of aliphatic imine (C=N–C) groups is 1. The summed E-state index contributed by atoms with van der Waals surface area (Å²) >= 11 is 0. The first-order valence-corrected chi connectivity index (χ1v) is 10.2. The van der Waals surface area contributed by atoms with Gasteiger partial charge in [-0.3, -0.25) is 4.99 Å². The number of aliphatic hydroxyl groups is 1. The number of likely N-dealkylation sites (N-methyl/N-ethyl adjacent to an activating group) is 1. The van der Waals surface area contributed by atoms with Gasteiger partial charge in [-0.15, -0.1) is 0 Å². The van der Waals surface area contributed by atoms with Crippen molar-refractivity contribution in [3.05, 3.63) is 47.4 Å². The van der Waals surface area contributed by atoms with Crippen LogP contribution >= 0.6 is 0 Å². The topological polar surface area (TPSA) is 74.1 Å². The summed E-state index contributed by atoms with van der Waals surface area (Å²) in [5.74, 6) is 1.72. The van der Waals surface area contributed by atoms with Crippen molar-refractivity contribution in [3.63, 3.8) is 0 Å². The fraction of sp³-hybridized carbons (Fsp3) is 0.500. The lowest BCUT2D eigenvalue weighted by molar-refractivity contribution is 0.114. The van der Waals surface area contributed by atoms with Crippen molar-refractivity contribution in [3.8, 4) is 5.75 Å². The molecule has 0 amide bonds. The van der Waals surface area contributed by atoms with Gasteiger partial charge in [-0.1, -0.05) is 6.07 Å². The molecule has 1 N–H and O–H groups in total. The summed E-state index contributed by atoms with van der Waals surface area (Å²) in [6, 6.07) is 8.32. The SMILES string of the molecule is CN(C)[C@H]1CN(c2cc(C3=NCc4ccc(OC5(C)CC5)cc43)ncn2)C[C@@H]1O. The number of anilines is 1. The summed E-state index contributed by atoms with van der Waals surface area (Å²) in [5.41, 5.74) is 3.97. The van der Waals surface area contributed by atoms with E-state index in [4.69, 9.17) is 9.73 Å². The van der Waals surface area contributed by atoms with E-state index in [-0.39, 0.29) is 11.6 Å². The lowest BCUT2D eigenvalue weighted by Crippen LogP contribution is -2.38. The molecule has 0 spiro atoms. The summed E-state index contributed by atoms with van der Waals surface area (Å²) in [7, 11) is 3.99. The van der Waals surface area contributed by atoms with Crippen LogP contribution in [-0.4, -0.2) is 70.6 Å². The van der Waals surface area contributed by atoms with Gasteiger partial charge in [-0.25, -0.2) is 9.97 Å². The second-order valence-corrected chi connectivity index (χ2v) is 8.80. The molecule has 3 heterocycles. The molecule has 1 saturated heterocycles. The Balaban J connectivity index is 1.41. The van der Waals surface area contributed by atoms with E-state index in [0.717, 1.165) is 47.9 Å². The van der Waals surface area contributed by atoms with Gasteiger partial charge < -0.3 is 19.6 Å². The number of rotatable bonds is 5. The highest BCUT2D eigenvalue weighted by Crippen LogP contribution is 2.40. The Morgan fingerprint density at radius 3 is 2.72 bits per heavy atom. The van der Waals surface area contributed by atoms with E-state index in [0.29, 0.717) is 13.1 Å². The molecule has 1 aromatic carbocycles. The first-order valence-electron chi connectivity index (χ1n) is 10.2. The lowest BCUT2D eigenvalue weighted by atomic mass is 10.0. The molecule has 0 radical (unpaired) electrons. The number of aliphatic hydroxyl groups excluding tert-OH is 1. The summed E-state index contributed by atoms with van der Waals surface area (Å²) < 4.78 is 6.14. The second-order valence-electron chi connectivity index (χ2n) is 8.80. The van der Waals surface area contributed by atoms with Crippen molar-refractivity contribution in [1.29, 1.82) is 0 Å². The number of fused-ring (bicyclic) bond motifs is 1. The zero-order valence-corrected chi connectivity index (χ0v) is 17.2. The van der Waals surface area contributed by atoms with Crippen LogP contribution in [0.25, 0.3) is 0 Å². The standard InChI is InChI=1S/C22H27N5O2/c1-22(6-7-22)29-15-5-4-14-10-23-21(16(14)8-15)17-9-20(25-13-24-17)27-11-18(26(2)3)19(28)12-27/h4-5,8-9,13,18-19,28H,6-7,10-12H2,1-3H3/t18-,19-/m0/s1. The van der Waals surface area contributed by atoms with Gasteiger partial charge in [0.1, 0.15) is 23.5 Å². The molecule has 2 fully saturated rings. The van der Waals surface area contributed by atoms with Crippen LogP contribution in [0.15, 0.2) is 35.6 Å². The van der Waals surface area contributed by atoms with Crippen LogP contribution in [0.2, 0.25) is 0 Å². The smallest absolute Gasteiger partial charge is 0.132 e. The third kappa shape index (κ3) is 3.49. The minimum atomic E-state index is -0.392. The van der Waals surface area contributed by atoms with Crippen molar-refractivity contribution in [2.75, 3.05) is 32.1 Å². The molecule has 1 aliphatic carbocycles. The molecule has 29 heavy (non-hydrogen) atoms. The maximum Gasteiger partial charge on any atom is 0.132 e. The van der Waals surface area contributed by atoms with E-state index < -0.39 is 6.10 Å². The zero-order chi connectivity index (χ0) is 20.2. The van der Waals surface area contributed by atoms with Crippen LogP contribution in [0, 0.1) is 0 Å². The Morgan fingerprint density at radius 2 is 2.00 bits per heavy atom. The average molecular weight is 393 g/mol. The normalized spacial score (nSPS) is 24.6. The van der Waals surface area contributed by atoms with Crippen molar-refractivity contribution < 1.29 is 9.84 Å². The van der Waals surface area contributed by atoms with E-state index in [1.807, 2.05) is 26.2 Å². The van der Waals surface area contributed by atoms with Crippen molar-refractivity contribution in [2.24, 2.45) is 4.99 Å². The lowest BCUT2D eigenvalue weighted by Gasteiger charge is -2.22. The molecule has 1 aromatic heterocycles. The van der Waals surface area contributed by atoms with Crippen LogP contribution in [0.3, 0.4) is 0 Å². The molecule has 2 aliphatic heterocycles. The monoisotopic (exact) mass is 393 g/mol. The minimum absolute atomic E-state index is 0.00813. The molecule has 7 heteroatoms. The van der Waals surface area contributed by atoms with Crippen LogP contribution < -0.4 is 9.64 Å². The van der Waals surface area contributed by atoms with Gasteiger partial charge in [-0.2, -0.15) is 0 Å². The first kappa shape index (κ1) is 18.5. The van der Waals surface area contributed by atoms with E-state index in [1.54, 1.807) is 6.33 Å². The zero-order valence-electron chi connectivity index (χ0n) is 17.2. The molecule has 7 nitrogen and oxygen atoms in total. The van der Waals surface area contributed by atoms with E-state index in [9.17, 15) is 5.11 Å². The summed E-state index contributed by atoms with van der Waals surface area (Å²) in [5, 5.41) is 10.4. The number of hydrogen-bond donors (Lipinski definition) is 1. The second kappa shape index (κ2) is 6.78. The molecular weight excluding hydrogens is 366 g/mol.